The van der Waals surface area contributed by atoms with Gasteiger partial charge in [-0.25, -0.2) is 4.98 Å². The van der Waals surface area contributed by atoms with Crippen LogP contribution in [0, 0.1) is 20.6 Å². The number of benzene rings is 3. The van der Waals surface area contributed by atoms with Gasteiger partial charge < -0.3 is 0 Å². The van der Waals surface area contributed by atoms with Gasteiger partial charge in [-0.05, 0) is 71.5 Å². The molecule has 0 saturated carbocycles. The second kappa shape index (κ2) is 8.19. The van der Waals surface area contributed by atoms with E-state index in [2.05, 4.69) is 27.6 Å². The number of hydrogen-bond acceptors (Lipinski definition) is 4. The molecule has 0 atom stereocenters. The fourth-order valence-electron chi connectivity index (χ4n) is 3.20. The SMILES string of the molecule is Cc1cccc(/C=C/c2nc3ccc(I)cc3c(=O)n2-c2ccc([N+](=O)[O-])cc2)c1. The molecule has 0 radical (unpaired) electrons. The third-order valence-corrected chi connectivity index (χ3v) is 5.31. The average molecular weight is 509 g/mol. The minimum atomic E-state index is -0.466. The Morgan fingerprint density at radius 2 is 1.80 bits per heavy atom. The molecule has 1 heterocycles. The number of rotatable bonds is 4. The molecule has 4 rings (SSSR count). The van der Waals surface area contributed by atoms with E-state index in [1.165, 1.54) is 16.7 Å². The van der Waals surface area contributed by atoms with E-state index < -0.39 is 4.92 Å². The maximum Gasteiger partial charge on any atom is 0.269 e. The van der Waals surface area contributed by atoms with Crippen molar-refractivity contribution in [3.05, 3.63) is 108 Å². The van der Waals surface area contributed by atoms with Crippen LogP contribution in [0.2, 0.25) is 0 Å². The molecule has 7 heteroatoms. The normalized spacial score (nSPS) is 11.3. The molecule has 0 N–H and O–H groups in total. The van der Waals surface area contributed by atoms with Crippen LogP contribution in [0.1, 0.15) is 17.0 Å². The maximum absolute atomic E-state index is 13.3. The minimum absolute atomic E-state index is 0.0352. The molecule has 0 aliphatic rings. The molecule has 3 aromatic carbocycles. The van der Waals surface area contributed by atoms with Crippen LogP contribution in [0.25, 0.3) is 28.7 Å². The van der Waals surface area contributed by atoms with Crippen molar-refractivity contribution in [2.75, 3.05) is 0 Å². The Kier molecular flexibility index (Phi) is 5.45. The molecule has 0 spiro atoms. The lowest BCUT2D eigenvalue weighted by Crippen LogP contribution is -2.22. The van der Waals surface area contributed by atoms with Crippen LogP contribution >= 0.6 is 22.6 Å². The fourth-order valence-corrected chi connectivity index (χ4v) is 3.70. The van der Waals surface area contributed by atoms with Crippen LogP contribution in [0.5, 0.6) is 0 Å². The Morgan fingerprint density at radius 1 is 1.03 bits per heavy atom. The first-order valence-electron chi connectivity index (χ1n) is 9.14. The molecule has 0 aliphatic heterocycles. The van der Waals surface area contributed by atoms with Crippen molar-refractivity contribution in [3.8, 4) is 5.69 Å². The molecular weight excluding hydrogens is 493 g/mol. The molecule has 6 nitrogen and oxygen atoms in total. The Balaban J connectivity index is 1.93. The van der Waals surface area contributed by atoms with Gasteiger partial charge in [0.15, 0.2) is 0 Å². The van der Waals surface area contributed by atoms with Crippen molar-refractivity contribution in [2.24, 2.45) is 0 Å². The van der Waals surface area contributed by atoms with E-state index in [4.69, 9.17) is 0 Å². The van der Waals surface area contributed by atoms with Gasteiger partial charge in [0, 0.05) is 15.7 Å². The number of non-ortho nitro benzene ring substituents is 1. The first kappa shape index (κ1) is 20.0. The van der Waals surface area contributed by atoms with Crippen LogP contribution in [-0.2, 0) is 0 Å². The zero-order chi connectivity index (χ0) is 21.3. The summed E-state index contributed by atoms with van der Waals surface area (Å²) in [5, 5.41) is 11.5. The average Bonchev–Trinajstić information content (AvgIpc) is 2.73. The van der Waals surface area contributed by atoms with Gasteiger partial charge in [0.25, 0.3) is 11.2 Å². The molecule has 0 amide bonds. The second-order valence-corrected chi connectivity index (χ2v) is 8.04. The summed E-state index contributed by atoms with van der Waals surface area (Å²) in [4.78, 5) is 28.6. The summed E-state index contributed by atoms with van der Waals surface area (Å²) in [5.41, 5.74) is 2.97. The summed E-state index contributed by atoms with van der Waals surface area (Å²) in [7, 11) is 0. The van der Waals surface area contributed by atoms with E-state index in [0.29, 0.717) is 22.4 Å². The summed E-state index contributed by atoms with van der Waals surface area (Å²) < 4.78 is 2.41. The Bertz CT molecular complexity index is 1360. The molecular formula is C23H16IN3O3. The van der Waals surface area contributed by atoms with E-state index in [0.717, 1.165) is 14.7 Å². The van der Waals surface area contributed by atoms with Crippen LogP contribution in [0.3, 0.4) is 0 Å². The van der Waals surface area contributed by atoms with Crippen LogP contribution < -0.4 is 5.56 Å². The lowest BCUT2D eigenvalue weighted by atomic mass is 10.1. The van der Waals surface area contributed by atoms with Gasteiger partial charge >= 0.3 is 0 Å². The highest BCUT2D eigenvalue weighted by Gasteiger charge is 2.13. The van der Waals surface area contributed by atoms with Gasteiger partial charge in [-0.1, -0.05) is 35.9 Å². The predicted molar refractivity (Wildman–Crippen MR) is 127 cm³/mol. The van der Waals surface area contributed by atoms with Gasteiger partial charge in [-0.2, -0.15) is 0 Å². The highest BCUT2D eigenvalue weighted by Crippen LogP contribution is 2.20. The van der Waals surface area contributed by atoms with E-state index in [9.17, 15) is 14.9 Å². The monoisotopic (exact) mass is 509 g/mol. The third-order valence-electron chi connectivity index (χ3n) is 4.64. The van der Waals surface area contributed by atoms with Gasteiger partial charge in [-0.15, -0.1) is 0 Å². The number of nitro groups is 1. The van der Waals surface area contributed by atoms with Crippen molar-refractivity contribution >= 4 is 51.3 Å². The standard InChI is InChI=1S/C23H16IN3O3/c1-15-3-2-4-16(13-15)5-12-22-25-21-11-6-17(24)14-20(21)23(28)26(22)18-7-9-19(10-8-18)27(29)30/h2-14H,1H3/b12-5+. The van der Waals surface area contributed by atoms with Crippen LogP contribution in [-0.4, -0.2) is 14.5 Å². The van der Waals surface area contributed by atoms with Crippen LogP contribution in [0.15, 0.2) is 71.5 Å². The summed E-state index contributed by atoms with van der Waals surface area (Å²) >= 11 is 2.15. The largest absolute Gasteiger partial charge is 0.269 e. The number of nitrogens with zero attached hydrogens (tertiary/aromatic N) is 3. The molecule has 0 unspecified atom stereocenters. The van der Waals surface area contributed by atoms with Gasteiger partial charge in [0.2, 0.25) is 0 Å². The Morgan fingerprint density at radius 3 is 2.50 bits per heavy atom. The minimum Gasteiger partial charge on any atom is -0.268 e. The van der Waals surface area contributed by atoms with Gasteiger partial charge in [-0.3, -0.25) is 19.5 Å². The highest BCUT2D eigenvalue weighted by atomic mass is 127. The number of halogens is 1. The number of aryl methyl sites for hydroxylation is 1. The van der Waals surface area contributed by atoms with Crippen molar-refractivity contribution < 1.29 is 4.92 Å². The van der Waals surface area contributed by atoms with E-state index in [-0.39, 0.29) is 11.2 Å². The lowest BCUT2D eigenvalue weighted by Gasteiger charge is -2.11. The quantitative estimate of drug-likeness (QED) is 0.210. The van der Waals surface area contributed by atoms with Crippen molar-refractivity contribution in [1.82, 2.24) is 9.55 Å². The first-order chi connectivity index (χ1) is 14.4. The molecule has 1 aromatic heterocycles. The Labute approximate surface area is 185 Å². The number of hydrogen-bond donors (Lipinski definition) is 0. The molecule has 0 saturated heterocycles. The molecule has 148 valence electrons. The van der Waals surface area contributed by atoms with E-state index in [1.54, 1.807) is 24.3 Å². The second-order valence-electron chi connectivity index (χ2n) is 6.79. The zero-order valence-electron chi connectivity index (χ0n) is 15.9. The summed E-state index contributed by atoms with van der Waals surface area (Å²) in [6, 6.07) is 19.4. The number of fused-ring (bicyclic) bond motifs is 1. The number of aromatic nitrogens is 2. The van der Waals surface area contributed by atoms with Crippen molar-refractivity contribution in [3.63, 3.8) is 0 Å². The molecule has 0 bridgehead atoms. The lowest BCUT2D eigenvalue weighted by molar-refractivity contribution is -0.384. The van der Waals surface area contributed by atoms with E-state index in [1.807, 2.05) is 49.4 Å². The van der Waals surface area contributed by atoms with Crippen molar-refractivity contribution in [2.45, 2.75) is 6.92 Å². The van der Waals surface area contributed by atoms with Crippen molar-refractivity contribution in [1.29, 1.82) is 0 Å². The van der Waals surface area contributed by atoms with E-state index >= 15 is 0 Å². The maximum atomic E-state index is 13.3. The topological polar surface area (TPSA) is 78.0 Å². The number of nitro benzene ring substituents is 1. The third kappa shape index (κ3) is 4.02. The molecule has 0 fully saturated rings. The molecule has 4 aromatic rings. The highest BCUT2D eigenvalue weighted by molar-refractivity contribution is 14.1. The first-order valence-corrected chi connectivity index (χ1v) is 10.2. The zero-order valence-corrected chi connectivity index (χ0v) is 18.1. The summed E-state index contributed by atoms with van der Waals surface area (Å²) in [6.45, 7) is 2.01. The Hall–Kier alpha value is -3.33. The summed E-state index contributed by atoms with van der Waals surface area (Å²) in [5.74, 6) is 0.448. The molecule has 30 heavy (non-hydrogen) atoms. The van der Waals surface area contributed by atoms with Gasteiger partial charge in [0.1, 0.15) is 5.82 Å². The fraction of sp³-hybridized carbons (Fsp3) is 0.0435. The van der Waals surface area contributed by atoms with Gasteiger partial charge in [0.05, 0.1) is 21.5 Å². The predicted octanol–water partition coefficient (Wildman–Crippen LogP) is 5.38. The smallest absolute Gasteiger partial charge is 0.268 e. The van der Waals surface area contributed by atoms with Crippen LogP contribution in [0.4, 0.5) is 5.69 Å². The molecule has 0 aliphatic carbocycles. The summed E-state index contributed by atoms with van der Waals surface area (Å²) in [6.07, 6.45) is 3.68.